The van der Waals surface area contributed by atoms with E-state index in [0.29, 0.717) is 11.8 Å². The van der Waals surface area contributed by atoms with Crippen molar-refractivity contribution in [2.45, 2.75) is 37.6 Å². The van der Waals surface area contributed by atoms with Crippen LogP contribution in [0.5, 0.6) is 5.75 Å². The number of ether oxygens (including phenoxy) is 1. The monoisotopic (exact) mass is 237 g/mol. The Labute approximate surface area is 102 Å². The zero-order chi connectivity index (χ0) is 12.5. The average Bonchev–Trinajstić information content (AvgIpc) is 2.71. The Bertz CT molecular complexity index is 407. The van der Waals surface area contributed by atoms with Gasteiger partial charge in [0, 0.05) is 12.1 Å². The molecule has 0 heterocycles. The summed E-state index contributed by atoms with van der Waals surface area (Å²) in [5, 5.41) is 3.28. The fraction of sp³-hybridized carbons (Fsp3) is 0.571. The second-order valence-corrected chi connectivity index (χ2v) is 5.13. The standard InChI is InChI=1S/C14H20FNO/c1-14(7-6-10(9-14)16-2)12-5-4-11(17-3)8-13(12)15/h4-5,8,10,16H,6-7,9H2,1-3H3. The first-order valence-electron chi connectivity index (χ1n) is 6.10. The van der Waals surface area contributed by atoms with Crippen LogP contribution in [0.3, 0.4) is 0 Å². The Kier molecular flexibility index (Phi) is 3.38. The van der Waals surface area contributed by atoms with Gasteiger partial charge in [0.2, 0.25) is 0 Å². The molecule has 0 spiro atoms. The lowest BCUT2D eigenvalue weighted by atomic mass is 9.80. The molecule has 1 aliphatic rings. The van der Waals surface area contributed by atoms with Gasteiger partial charge >= 0.3 is 0 Å². The van der Waals surface area contributed by atoms with Crippen LogP contribution in [0.4, 0.5) is 4.39 Å². The van der Waals surface area contributed by atoms with Gasteiger partial charge in [0.25, 0.3) is 0 Å². The number of rotatable bonds is 3. The lowest BCUT2D eigenvalue weighted by molar-refractivity contribution is 0.404. The highest BCUT2D eigenvalue weighted by Crippen LogP contribution is 2.42. The third-order valence-electron chi connectivity index (χ3n) is 3.98. The van der Waals surface area contributed by atoms with E-state index in [2.05, 4.69) is 12.2 Å². The molecule has 2 nitrogen and oxygen atoms in total. The van der Waals surface area contributed by atoms with Crippen LogP contribution in [0.15, 0.2) is 18.2 Å². The van der Waals surface area contributed by atoms with Gasteiger partial charge in [-0.2, -0.15) is 0 Å². The summed E-state index contributed by atoms with van der Waals surface area (Å²) < 4.78 is 19.1. The number of benzene rings is 1. The van der Waals surface area contributed by atoms with Gasteiger partial charge in [-0.15, -0.1) is 0 Å². The van der Waals surface area contributed by atoms with Gasteiger partial charge in [0.1, 0.15) is 11.6 Å². The molecule has 1 saturated carbocycles. The largest absolute Gasteiger partial charge is 0.497 e. The molecule has 0 amide bonds. The number of nitrogens with one attached hydrogen (secondary N) is 1. The van der Waals surface area contributed by atoms with Crippen LogP contribution in [-0.4, -0.2) is 20.2 Å². The van der Waals surface area contributed by atoms with Crippen LogP contribution in [0.1, 0.15) is 31.7 Å². The first-order chi connectivity index (χ1) is 8.09. The summed E-state index contributed by atoms with van der Waals surface area (Å²) in [5.41, 5.74) is 0.764. The summed E-state index contributed by atoms with van der Waals surface area (Å²) in [5.74, 6) is 0.432. The molecule has 0 radical (unpaired) electrons. The van der Waals surface area contributed by atoms with Crippen molar-refractivity contribution in [2.75, 3.05) is 14.2 Å². The van der Waals surface area contributed by atoms with Crippen molar-refractivity contribution in [2.24, 2.45) is 0 Å². The maximum Gasteiger partial charge on any atom is 0.130 e. The first kappa shape index (κ1) is 12.4. The van der Waals surface area contributed by atoms with Crippen LogP contribution in [-0.2, 0) is 5.41 Å². The fourth-order valence-corrected chi connectivity index (χ4v) is 2.84. The van der Waals surface area contributed by atoms with E-state index in [-0.39, 0.29) is 11.2 Å². The Balaban J connectivity index is 2.28. The van der Waals surface area contributed by atoms with E-state index in [1.165, 1.54) is 6.07 Å². The van der Waals surface area contributed by atoms with Crippen molar-refractivity contribution >= 4 is 0 Å². The first-order valence-corrected chi connectivity index (χ1v) is 6.10. The number of hydrogen-bond donors (Lipinski definition) is 1. The van der Waals surface area contributed by atoms with E-state index in [9.17, 15) is 4.39 Å². The van der Waals surface area contributed by atoms with Gasteiger partial charge in [-0.05, 0) is 43.4 Å². The molecule has 3 heteroatoms. The van der Waals surface area contributed by atoms with Gasteiger partial charge in [0.15, 0.2) is 0 Å². The summed E-state index contributed by atoms with van der Waals surface area (Å²) in [4.78, 5) is 0. The number of methoxy groups -OCH3 is 1. The van der Waals surface area contributed by atoms with Crippen molar-refractivity contribution in [3.8, 4) is 5.75 Å². The SMILES string of the molecule is CNC1CCC(C)(c2ccc(OC)cc2F)C1. The van der Waals surface area contributed by atoms with Crippen molar-refractivity contribution in [1.82, 2.24) is 5.32 Å². The molecule has 2 unspecified atom stereocenters. The molecule has 1 N–H and O–H groups in total. The highest BCUT2D eigenvalue weighted by molar-refractivity contribution is 5.34. The summed E-state index contributed by atoms with van der Waals surface area (Å²) in [6.07, 6.45) is 3.13. The molecule has 0 saturated heterocycles. The van der Waals surface area contributed by atoms with E-state index in [0.717, 1.165) is 24.8 Å². The fourth-order valence-electron chi connectivity index (χ4n) is 2.84. The maximum atomic E-state index is 14.1. The molecule has 17 heavy (non-hydrogen) atoms. The smallest absolute Gasteiger partial charge is 0.130 e. The number of hydrogen-bond acceptors (Lipinski definition) is 2. The van der Waals surface area contributed by atoms with Gasteiger partial charge in [-0.3, -0.25) is 0 Å². The minimum Gasteiger partial charge on any atom is -0.497 e. The van der Waals surface area contributed by atoms with Crippen molar-refractivity contribution < 1.29 is 9.13 Å². The molecule has 2 rings (SSSR count). The third kappa shape index (κ3) is 2.29. The predicted molar refractivity (Wildman–Crippen MR) is 67.0 cm³/mol. The van der Waals surface area contributed by atoms with Crippen molar-refractivity contribution in [3.63, 3.8) is 0 Å². The van der Waals surface area contributed by atoms with Gasteiger partial charge in [-0.25, -0.2) is 4.39 Å². The maximum absolute atomic E-state index is 14.1. The normalized spacial score (nSPS) is 28.4. The molecular formula is C14H20FNO. The van der Waals surface area contributed by atoms with E-state index in [1.807, 2.05) is 19.2 Å². The zero-order valence-corrected chi connectivity index (χ0v) is 10.7. The Morgan fingerprint density at radius 2 is 2.24 bits per heavy atom. The summed E-state index contributed by atoms with van der Waals surface area (Å²) in [6.45, 7) is 2.15. The Hall–Kier alpha value is -1.09. The summed E-state index contributed by atoms with van der Waals surface area (Å²) >= 11 is 0. The molecule has 1 aromatic carbocycles. The van der Waals surface area contributed by atoms with Crippen molar-refractivity contribution in [1.29, 1.82) is 0 Å². The minimum absolute atomic E-state index is 0.0516. The van der Waals surface area contributed by atoms with E-state index in [1.54, 1.807) is 7.11 Å². The van der Waals surface area contributed by atoms with Crippen LogP contribution in [0.25, 0.3) is 0 Å². The molecule has 0 aromatic heterocycles. The molecule has 1 fully saturated rings. The molecular weight excluding hydrogens is 217 g/mol. The lowest BCUT2D eigenvalue weighted by Gasteiger charge is -2.25. The molecule has 0 aliphatic heterocycles. The van der Waals surface area contributed by atoms with Crippen molar-refractivity contribution in [3.05, 3.63) is 29.6 Å². The van der Waals surface area contributed by atoms with Crippen LogP contribution < -0.4 is 10.1 Å². The Morgan fingerprint density at radius 3 is 2.76 bits per heavy atom. The van der Waals surface area contributed by atoms with Crippen LogP contribution in [0, 0.1) is 5.82 Å². The minimum atomic E-state index is -0.149. The zero-order valence-electron chi connectivity index (χ0n) is 10.7. The van der Waals surface area contributed by atoms with E-state index < -0.39 is 0 Å². The molecule has 1 aromatic rings. The van der Waals surface area contributed by atoms with E-state index in [4.69, 9.17) is 4.74 Å². The molecule has 2 atom stereocenters. The predicted octanol–water partition coefficient (Wildman–Crippen LogP) is 2.86. The summed E-state index contributed by atoms with van der Waals surface area (Å²) in [6, 6.07) is 5.69. The highest BCUT2D eigenvalue weighted by Gasteiger charge is 2.37. The second-order valence-electron chi connectivity index (χ2n) is 5.13. The second kappa shape index (κ2) is 4.65. The van der Waals surface area contributed by atoms with Gasteiger partial charge < -0.3 is 10.1 Å². The van der Waals surface area contributed by atoms with E-state index >= 15 is 0 Å². The Morgan fingerprint density at radius 1 is 1.47 bits per heavy atom. The van der Waals surface area contributed by atoms with Crippen LogP contribution >= 0.6 is 0 Å². The third-order valence-corrected chi connectivity index (χ3v) is 3.98. The van der Waals surface area contributed by atoms with Gasteiger partial charge in [0.05, 0.1) is 7.11 Å². The van der Waals surface area contributed by atoms with Crippen LogP contribution in [0.2, 0.25) is 0 Å². The lowest BCUT2D eigenvalue weighted by Crippen LogP contribution is -2.26. The van der Waals surface area contributed by atoms with Gasteiger partial charge in [-0.1, -0.05) is 13.0 Å². The number of halogens is 1. The molecule has 0 bridgehead atoms. The molecule has 94 valence electrons. The quantitative estimate of drug-likeness (QED) is 0.872. The topological polar surface area (TPSA) is 21.3 Å². The molecule has 1 aliphatic carbocycles. The summed E-state index contributed by atoms with van der Waals surface area (Å²) in [7, 11) is 3.53. The average molecular weight is 237 g/mol. The highest BCUT2D eigenvalue weighted by atomic mass is 19.1.